The van der Waals surface area contributed by atoms with Crippen molar-refractivity contribution in [1.82, 2.24) is 0 Å². The fraction of sp³-hybridized carbons (Fsp3) is 1.00. The summed E-state index contributed by atoms with van der Waals surface area (Å²) in [6, 6.07) is 0. The predicted octanol–water partition coefficient (Wildman–Crippen LogP) is 6.17. The number of halogens is 1. The van der Waals surface area contributed by atoms with Crippen LogP contribution in [-0.4, -0.2) is 5.88 Å². The molecule has 0 aliphatic heterocycles. The normalized spacial score (nSPS) is 12.0. The van der Waals surface area contributed by atoms with Gasteiger partial charge in [-0.25, -0.2) is 0 Å². The number of hydrogen-bond acceptors (Lipinski definition) is 0. The van der Waals surface area contributed by atoms with Crippen LogP contribution in [0, 0.1) is 5.41 Å². The molecule has 0 N–H and O–H groups in total. The van der Waals surface area contributed by atoms with Gasteiger partial charge < -0.3 is 0 Å². The maximum absolute atomic E-state index is 5.64. The molecule has 0 aromatic rings. The monoisotopic (exact) mass is 246 g/mol. The Labute approximate surface area is 108 Å². The first kappa shape index (κ1) is 16.3. The standard InChI is InChI=1S/C15H31Cl/c1-15(2,3)13-11-9-7-5-4-6-8-10-12-14-16/h4-14H2,1-3H3. The molecule has 0 nitrogen and oxygen atoms in total. The average Bonchev–Trinajstić information content (AvgIpc) is 2.19. The molecular weight excluding hydrogens is 216 g/mol. The molecule has 0 heterocycles. The number of unbranched alkanes of at least 4 members (excludes halogenated alkanes) is 8. The van der Waals surface area contributed by atoms with E-state index in [1.165, 1.54) is 64.2 Å². The first-order chi connectivity index (χ1) is 7.56. The van der Waals surface area contributed by atoms with Crippen molar-refractivity contribution in [2.45, 2.75) is 85.0 Å². The molecule has 0 amide bonds. The summed E-state index contributed by atoms with van der Waals surface area (Å²) in [5.41, 5.74) is 0.529. The van der Waals surface area contributed by atoms with E-state index in [9.17, 15) is 0 Å². The van der Waals surface area contributed by atoms with Gasteiger partial charge in [0.2, 0.25) is 0 Å². The number of alkyl halides is 1. The molecule has 0 aromatic carbocycles. The van der Waals surface area contributed by atoms with Crippen LogP contribution in [0.3, 0.4) is 0 Å². The van der Waals surface area contributed by atoms with E-state index in [0.717, 1.165) is 5.88 Å². The van der Waals surface area contributed by atoms with E-state index in [1.54, 1.807) is 0 Å². The molecule has 0 saturated heterocycles. The molecule has 0 aliphatic carbocycles. The van der Waals surface area contributed by atoms with Gasteiger partial charge in [-0.1, -0.05) is 72.1 Å². The van der Waals surface area contributed by atoms with Crippen LogP contribution in [0.1, 0.15) is 85.0 Å². The van der Waals surface area contributed by atoms with Crippen molar-refractivity contribution in [2.75, 3.05) is 5.88 Å². The zero-order chi connectivity index (χ0) is 12.3. The van der Waals surface area contributed by atoms with Gasteiger partial charge in [-0.15, -0.1) is 11.6 Å². The minimum atomic E-state index is 0.529. The highest BCUT2D eigenvalue weighted by Gasteiger charge is 2.08. The Hall–Kier alpha value is 0.290. The summed E-state index contributed by atoms with van der Waals surface area (Å²) in [6.07, 6.45) is 13.8. The second kappa shape index (κ2) is 10.4. The summed E-state index contributed by atoms with van der Waals surface area (Å²) in [5, 5.41) is 0. The zero-order valence-electron chi connectivity index (χ0n) is 11.7. The first-order valence-corrected chi connectivity index (χ1v) is 7.66. The van der Waals surface area contributed by atoms with Crippen LogP contribution in [0.15, 0.2) is 0 Å². The lowest BCUT2D eigenvalue weighted by molar-refractivity contribution is 0.356. The Balaban J connectivity index is 2.99. The summed E-state index contributed by atoms with van der Waals surface area (Å²) in [4.78, 5) is 0. The predicted molar refractivity (Wildman–Crippen MR) is 76.3 cm³/mol. The van der Waals surface area contributed by atoms with Crippen molar-refractivity contribution in [2.24, 2.45) is 5.41 Å². The molecule has 1 heteroatoms. The lowest BCUT2D eigenvalue weighted by Crippen LogP contribution is -2.03. The SMILES string of the molecule is CC(C)(C)CCCCCCCCCCCCl. The topological polar surface area (TPSA) is 0 Å². The van der Waals surface area contributed by atoms with Crippen molar-refractivity contribution in [3.8, 4) is 0 Å². The Bertz CT molecular complexity index is 135. The Morgan fingerprint density at radius 2 is 1.00 bits per heavy atom. The summed E-state index contributed by atoms with van der Waals surface area (Å²) < 4.78 is 0. The van der Waals surface area contributed by atoms with Crippen LogP contribution in [0.4, 0.5) is 0 Å². The molecule has 0 saturated carbocycles. The van der Waals surface area contributed by atoms with Crippen molar-refractivity contribution in [1.29, 1.82) is 0 Å². The second-order valence-corrected chi connectivity index (χ2v) is 6.56. The van der Waals surface area contributed by atoms with E-state index in [-0.39, 0.29) is 0 Å². The fourth-order valence-corrected chi connectivity index (χ4v) is 2.18. The summed E-state index contributed by atoms with van der Waals surface area (Å²) >= 11 is 5.64. The van der Waals surface area contributed by atoms with Gasteiger partial charge >= 0.3 is 0 Å². The molecule has 0 bridgehead atoms. The lowest BCUT2D eigenvalue weighted by Gasteiger charge is -2.17. The molecule has 0 rings (SSSR count). The van der Waals surface area contributed by atoms with Gasteiger partial charge in [0.25, 0.3) is 0 Å². The van der Waals surface area contributed by atoms with Crippen LogP contribution in [0.2, 0.25) is 0 Å². The largest absolute Gasteiger partial charge is 0.127 e. The van der Waals surface area contributed by atoms with Gasteiger partial charge in [0.1, 0.15) is 0 Å². The second-order valence-electron chi connectivity index (χ2n) is 6.18. The van der Waals surface area contributed by atoms with Gasteiger partial charge in [-0.2, -0.15) is 0 Å². The first-order valence-electron chi connectivity index (χ1n) is 7.12. The number of rotatable bonds is 10. The minimum Gasteiger partial charge on any atom is -0.127 e. The summed E-state index contributed by atoms with van der Waals surface area (Å²) in [6.45, 7) is 7.01. The smallest absolute Gasteiger partial charge is 0.0223 e. The fourth-order valence-electron chi connectivity index (χ4n) is 1.99. The molecule has 0 unspecified atom stereocenters. The highest BCUT2D eigenvalue weighted by Crippen LogP contribution is 2.22. The molecule has 16 heavy (non-hydrogen) atoms. The highest BCUT2D eigenvalue weighted by atomic mass is 35.5. The third-order valence-electron chi connectivity index (χ3n) is 3.06. The average molecular weight is 247 g/mol. The lowest BCUT2D eigenvalue weighted by atomic mass is 9.89. The van der Waals surface area contributed by atoms with Gasteiger partial charge in [-0.05, 0) is 18.3 Å². The highest BCUT2D eigenvalue weighted by molar-refractivity contribution is 6.17. The molecule has 0 atom stereocenters. The summed E-state index contributed by atoms with van der Waals surface area (Å²) in [7, 11) is 0. The minimum absolute atomic E-state index is 0.529. The van der Waals surface area contributed by atoms with Crippen LogP contribution in [0.5, 0.6) is 0 Å². The zero-order valence-corrected chi connectivity index (χ0v) is 12.4. The van der Waals surface area contributed by atoms with Crippen LogP contribution in [-0.2, 0) is 0 Å². The van der Waals surface area contributed by atoms with Gasteiger partial charge in [0, 0.05) is 5.88 Å². The molecule has 0 radical (unpaired) electrons. The van der Waals surface area contributed by atoms with Gasteiger partial charge in [-0.3, -0.25) is 0 Å². The maximum Gasteiger partial charge on any atom is 0.0223 e. The molecular formula is C15H31Cl. The van der Waals surface area contributed by atoms with Crippen LogP contribution < -0.4 is 0 Å². The molecule has 98 valence electrons. The third-order valence-corrected chi connectivity index (χ3v) is 3.33. The molecule has 0 aliphatic rings. The van der Waals surface area contributed by atoms with Gasteiger partial charge in [0.05, 0.1) is 0 Å². The Morgan fingerprint density at radius 1 is 0.625 bits per heavy atom. The van der Waals surface area contributed by atoms with E-state index < -0.39 is 0 Å². The third kappa shape index (κ3) is 14.3. The number of hydrogen-bond donors (Lipinski definition) is 0. The van der Waals surface area contributed by atoms with E-state index >= 15 is 0 Å². The van der Waals surface area contributed by atoms with E-state index in [2.05, 4.69) is 20.8 Å². The van der Waals surface area contributed by atoms with Crippen LogP contribution in [0.25, 0.3) is 0 Å². The van der Waals surface area contributed by atoms with Crippen molar-refractivity contribution < 1.29 is 0 Å². The van der Waals surface area contributed by atoms with Gasteiger partial charge in [0.15, 0.2) is 0 Å². The van der Waals surface area contributed by atoms with E-state index in [1.807, 2.05) is 0 Å². The molecule has 0 fully saturated rings. The Kier molecular flexibility index (Phi) is 10.6. The van der Waals surface area contributed by atoms with Crippen molar-refractivity contribution in [3.05, 3.63) is 0 Å². The van der Waals surface area contributed by atoms with Crippen molar-refractivity contribution in [3.63, 3.8) is 0 Å². The van der Waals surface area contributed by atoms with E-state index in [0.29, 0.717) is 5.41 Å². The van der Waals surface area contributed by atoms with Crippen LogP contribution >= 0.6 is 11.6 Å². The Morgan fingerprint density at radius 3 is 1.38 bits per heavy atom. The summed E-state index contributed by atoms with van der Waals surface area (Å²) in [5.74, 6) is 0.840. The maximum atomic E-state index is 5.64. The molecule has 0 aromatic heterocycles. The van der Waals surface area contributed by atoms with Crippen molar-refractivity contribution >= 4 is 11.6 Å². The van der Waals surface area contributed by atoms with E-state index in [4.69, 9.17) is 11.6 Å². The molecule has 0 spiro atoms. The quantitative estimate of drug-likeness (QED) is 0.319.